The van der Waals surface area contributed by atoms with Crippen LogP contribution in [0.1, 0.15) is 52.4 Å². The van der Waals surface area contributed by atoms with Gasteiger partial charge < -0.3 is 0 Å². The first-order valence-electron chi connectivity index (χ1n) is 6.88. The molecule has 0 heteroatoms. The molecule has 0 aromatic heterocycles. The Morgan fingerprint density at radius 3 is 2.12 bits per heavy atom. The van der Waals surface area contributed by atoms with Crippen LogP contribution in [0, 0.1) is 11.8 Å². The Morgan fingerprint density at radius 2 is 1.56 bits per heavy atom. The van der Waals surface area contributed by atoms with Crippen molar-refractivity contribution in [3.05, 3.63) is 36.5 Å². The molecular formula is C16H26. The SMILES string of the molecule is CCCCC(CCC)CC1C=CC=CC=C1. The van der Waals surface area contributed by atoms with Crippen LogP contribution in [0.5, 0.6) is 0 Å². The summed E-state index contributed by atoms with van der Waals surface area (Å²) >= 11 is 0. The smallest absolute Gasteiger partial charge is 0.00446 e. The van der Waals surface area contributed by atoms with Crippen molar-refractivity contribution in [1.82, 2.24) is 0 Å². The largest absolute Gasteiger partial charge is 0.0776 e. The van der Waals surface area contributed by atoms with E-state index in [0.29, 0.717) is 5.92 Å². The molecule has 0 aliphatic heterocycles. The van der Waals surface area contributed by atoms with Gasteiger partial charge in [-0.1, -0.05) is 82.4 Å². The normalized spacial score (nSPS) is 17.6. The lowest BCUT2D eigenvalue weighted by Crippen LogP contribution is -2.06. The summed E-state index contributed by atoms with van der Waals surface area (Å²) in [4.78, 5) is 0. The van der Waals surface area contributed by atoms with E-state index in [2.05, 4.69) is 50.3 Å². The van der Waals surface area contributed by atoms with E-state index in [9.17, 15) is 0 Å². The van der Waals surface area contributed by atoms with Crippen LogP contribution in [0.3, 0.4) is 0 Å². The summed E-state index contributed by atoms with van der Waals surface area (Å²) in [5.74, 6) is 1.57. The Balaban J connectivity index is 2.40. The Morgan fingerprint density at radius 1 is 0.875 bits per heavy atom. The van der Waals surface area contributed by atoms with Gasteiger partial charge in [-0.05, 0) is 18.3 Å². The lowest BCUT2D eigenvalue weighted by molar-refractivity contribution is 0.380. The fourth-order valence-electron chi connectivity index (χ4n) is 2.43. The Bertz CT molecular complexity index is 229. The van der Waals surface area contributed by atoms with Crippen LogP contribution < -0.4 is 0 Å². The fourth-order valence-corrected chi connectivity index (χ4v) is 2.43. The molecule has 1 atom stereocenters. The summed E-state index contributed by atoms with van der Waals surface area (Å²) in [6, 6.07) is 0. The molecule has 0 heterocycles. The van der Waals surface area contributed by atoms with E-state index in [4.69, 9.17) is 0 Å². The lowest BCUT2D eigenvalue weighted by Gasteiger charge is -2.18. The average molecular weight is 218 g/mol. The van der Waals surface area contributed by atoms with Gasteiger partial charge in [0.15, 0.2) is 0 Å². The minimum Gasteiger partial charge on any atom is -0.0776 e. The molecule has 0 bridgehead atoms. The van der Waals surface area contributed by atoms with E-state index in [-0.39, 0.29) is 0 Å². The number of allylic oxidation sites excluding steroid dienone is 6. The molecule has 90 valence electrons. The quantitative estimate of drug-likeness (QED) is 0.545. The highest BCUT2D eigenvalue weighted by atomic mass is 14.2. The van der Waals surface area contributed by atoms with E-state index in [0.717, 1.165) is 5.92 Å². The van der Waals surface area contributed by atoms with Crippen molar-refractivity contribution < 1.29 is 0 Å². The minimum absolute atomic E-state index is 0.656. The van der Waals surface area contributed by atoms with Gasteiger partial charge in [0, 0.05) is 0 Å². The molecule has 0 radical (unpaired) electrons. The summed E-state index contributed by atoms with van der Waals surface area (Å²) < 4.78 is 0. The molecule has 1 aliphatic rings. The van der Waals surface area contributed by atoms with Gasteiger partial charge in [-0.15, -0.1) is 0 Å². The molecular weight excluding hydrogens is 192 g/mol. The molecule has 1 unspecified atom stereocenters. The van der Waals surface area contributed by atoms with Crippen LogP contribution in [0.4, 0.5) is 0 Å². The van der Waals surface area contributed by atoms with E-state index < -0.39 is 0 Å². The predicted molar refractivity (Wildman–Crippen MR) is 73.5 cm³/mol. The van der Waals surface area contributed by atoms with Crippen molar-refractivity contribution in [1.29, 1.82) is 0 Å². The maximum absolute atomic E-state index is 2.34. The molecule has 0 aromatic carbocycles. The van der Waals surface area contributed by atoms with Gasteiger partial charge in [0.2, 0.25) is 0 Å². The van der Waals surface area contributed by atoms with E-state index in [1.807, 2.05) is 0 Å². The van der Waals surface area contributed by atoms with Crippen molar-refractivity contribution in [2.45, 2.75) is 52.4 Å². The highest BCUT2D eigenvalue weighted by Crippen LogP contribution is 2.25. The zero-order chi connectivity index (χ0) is 11.6. The zero-order valence-electron chi connectivity index (χ0n) is 10.9. The second-order valence-electron chi connectivity index (χ2n) is 4.85. The molecule has 1 rings (SSSR count). The van der Waals surface area contributed by atoms with E-state index in [1.54, 1.807) is 0 Å². The fraction of sp³-hybridized carbons (Fsp3) is 0.625. The molecule has 0 N–H and O–H groups in total. The maximum Gasteiger partial charge on any atom is -0.00446 e. The summed E-state index contributed by atoms with van der Waals surface area (Å²) in [6.45, 7) is 4.59. The van der Waals surface area contributed by atoms with Crippen molar-refractivity contribution in [3.63, 3.8) is 0 Å². The van der Waals surface area contributed by atoms with E-state index >= 15 is 0 Å². The Hall–Kier alpha value is -0.780. The van der Waals surface area contributed by atoms with Gasteiger partial charge >= 0.3 is 0 Å². The first-order chi connectivity index (χ1) is 7.86. The third kappa shape index (κ3) is 5.34. The molecule has 0 fully saturated rings. The second kappa shape index (κ2) is 8.38. The Labute approximate surface area is 101 Å². The molecule has 0 saturated carbocycles. The third-order valence-electron chi connectivity index (χ3n) is 3.32. The van der Waals surface area contributed by atoms with E-state index in [1.165, 1.54) is 38.5 Å². The number of hydrogen-bond donors (Lipinski definition) is 0. The van der Waals surface area contributed by atoms with Crippen LogP contribution in [-0.2, 0) is 0 Å². The van der Waals surface area contributed by atoms with Crippen LogP contribution in [0.2, 0.25) is 0 Å². The molecule has 0 aromatic rings. The maximum atomic E-state index is 2.34. The number of rotatable bonds is 7. The van der Waals surface area contributed by atoms with Crippen LogP contribution >= 0.6 is 0 Å². The molecule has 16 heavy (non-hydrogen) atoms. The predicted octanol–water partition coefficient (Wildman–Crippen LogP) is 5.28. The highest BCUT2D eigenvalue weighted by Gasteiger charge is 2.11. The molecule has 0 saturated heterocycles. The molecule has 0 amide bonds. The molecule has 1 aliphatic carbocycles. The topological polar surface area (TPSA) is 0 Å². The van der Waals surface area contributed by atoms with Gasteiger partial charge in [0.25, 0.3) is 0 Å². The Kier molecular flexibility index (Phi) is 6.96. The number of hydrogen-bond acceptors (Lipinski definition) is 0. The van der Waals surface area contributed by atoms with Gasteiger partial charge in [0.1, 0.15) is 0 Å². The summed E-state index contributed by atoms with van der Waals surface area (Å²) in [5, 5.41) is 0. The van der Waals surface area contributed by atoms with Crippen LogP contribution in [-0.4, -0.2) is 0 Å². The minimum atomic E-state index is 0.656. The third-order valence-corrected chi connectivity index (χ3v) is 3.32. The lowest BCUT2D eigenvalue weighted by atomic mass is 9.87. The standard InChI is InChI=1S/C16H26/c1-3-5-11-15(10-4-2)14-16-12-8-6-7-9-13-16/h6-9,12-13,15-16H,3-5,10-11,14H2,1-2H3. The monoisotopic (exact) mass is 218 g/mol. The van der Waals surface area contributed by atoms with Gasteiger partial charge in [0.05, 0.1) is 0 Å². The van der Waals surface area contributed by atoms with Crippen molar-refractivity contribution in [2.75, 3.05) is 0 Å². The summed E-state index contributed by atoms with van der Waals surface area (Å²) in [6.07, 6.45) is 21.5. The van der Waals surface area contributed by atoms with Gasteiger partial charge in [-0.3, -0.25) is 0 Å². The van der Waals surface area contributed by atoms with Crippen LogP contribution in [0.15, 0.2) is 36.5 Å². The summed E-state index contributed by atoms with van der Waals surface area (Å²) in [7, 11) is 0. The molecule has 0 nitrogen and oxygen atoms in total. The molecule has 0 spiro atoms. The highest BCUT2D eigenvalue weighted by molar-refractivity contribution is 5.19. The van der Waals surface area contributed by atoms with Gasteiger partial charge in [-0.25, -0.2) is 0 Å². The second-order valence-corrected chi connectivity index (χ2v) is 4.85. The number of unbranched alkanes of at least 4 members (excludes halogenated alkanes) is 1. The zero-order valence-corrected chi connectivity index (χ0v) is 10.9. The first-order valence-corrected chi connectivity index (χ1v) is 6.88. The first kappa shape index (κ1) is 13.3. The average Bonchev–Trinajstić information content (AvgIpc) is 2.55. The van der Waals surface area contributed by atoms with Crippen molar-refractivity contribution in [3.8, 4) is 0 Å². The summed E-state index contributed by atoms with van der Waals surface area (Å²) in [5.41, 5.74) is 0. The van der Waals surface area contributed by atoms with Crippen molar-refractivity contribution in [2.24, 2.45) is 11.8 Å². The van der Waals surface area contributed by atoms with Crippen LogP contribution in [0.25, 0.3) is 0 Å². The van der Waals surface area contributed by atoms with Gasteiger partial charge in [-0.2, -0.15) is 0 Å². The van der Waals surface area contributed by atoms with Crippen molar-refractivity contribution >= 4 is 0 Å².